The molecule has 1 aliphatic heterocycles. The molecule has 2 aromatic carbocycles. The molecule has 0 bridgehead atoms. The molecule has 3 rings (SSSR count). The number of methoxy groups -OCH3 is 1. The van der Waals surface area contributed by atoms with Gasteiger partial charge in [0.15, 0.2) is 0 Å². The molecular formula is C23H26N2O4. The number of hydrogen-bond donors (Lipinski definition) is 1. The van der Waals surface area contributed by atoms with Gasteiger partial charge in [-0.1, -0.05) is 35.9 Å². The first kappa shape index (κ1) is 20.6. The van der Waals surface area contributed by atoms with Crippen molar-refractivity contribution in [2.24, 2.45) is 0 Å². The number of nitrogens with zero attached hydrogens (tertiary/aromatic N) is 1. The third-order valence-electron chi connectivity index (χ3n) is 4.63. The zero-order valence-electron chi connectivity index (χ0n) is 17.2. The second-order valence-corrected chi connectivity index (χ2v) is 7.12. The number of imide groups is 1. The van der Waals surface area contributed by atoms with Gasteiger partial charge in [-0.05, 0) is 39.0 Å². The van der Waals surface area contributed by atoms with Crippen LogP contribution in [0.1, 0.15) is 25.0 Å². The summed E-state index contributed by atoms with van der Waals surface area (Å²) in [4.78, 5) is 27.6. The molecule has 1 N–H and O–H groups in total. The summed E-state index contributed by atoms with van der Waals surface area (Å²) in [6, 6.07) is 14.8. The molecule has 6 heteroatoms. The summed E-state index contributed by atoms with van der Waals surface area (Å²) < 4.78 is 11.0. The fraction of sp³-hybridized carbons (Fsp3) is 0.304. The van der Waals surface area contributed by atoms with Crippen LogP contribution in [0, 0.1) is 6.92 Å². The monoisotopic (exact) mass is 394 g/mol. The molecule has 0 saturated carbocycles. The lowest BCUT2D eigenvalue weighted by Crippen LogP contribution is -2.35. The summed E-state index contributed by atoms with van der Waals surface area (Å²) in [6.45, 7) is 6.29. The lowest BCUT2D eigenvalue weighted by molar-refractivity contribution is -0.137. The largest absolute Gasteiger partial charge is 0.496 e. The van der Waals surface area contributed by atoms with E-state index in [9.17, 15) is 9.59 Å². The van der Waals surface area contributed by atoms with E-state index in [4.69, 9.17) is 9.47 Å². The van der Waals surface area contributed by atoms with Crippen LogP contribution >= 0.6 is 0 Å². The minimum atomic E-state index is -0.371. The molecule has 0 aromatic heterocycles. The predicted molar refractivity (Wildman–Crippen MR) is 113 cm³/mol. The molecule has 1 heterocycles. The van der Waals surface area contributed by atoms with Crippen molar-refractivity contribution < 1.29 is 19.1 Å². The first-order chi connectivity index (χ1) is 13.9. The standard InChI is InChI=1S/C23H26N2O4/c1-15(2)29-14-13-25-22(26)20(18-7-5-6-8-19(18)28-4)21(23(25)27)24-17-11-9-16(3)10-12-17/h5-12,15,24H,13-14H2,1-4H3. The number of carbonyl (C=O) groups excluding carboxylic acids is 2. The Morgan fingerprint density at radius 2 is 1.69 bits per heavy atom. The topological polar surface area (TPSA) is 67.9 Å². The molecule has 2 amide bonds. The van der Waals surface area contributed by atoms with Gasteiger partial charge in [0.1, 0.15) is 11.4 Å². The highest BCUT2D eigenvalue weighted by molar-refractivity contribution is 6.37. The number of nitrogens with one attached hydrogen (secondary N) is 1. The lowest BCUT2D eigenvalue weighted by Gasteiger charge is -2.16. The van der Waals surface area contributed by atoms with E-state index in [0.29, 0.717) is 16.9 Å². The lowest BCUT2D eigenvalue weighted by atomic mass is 10.0. The molecule has 0 unspecified atom stereocenters. The third-order valence-corrected chi connectivity index (χ3v) is 4.63. The second kappa shape index (κ2) is 8.92. The van der Waals surface area contributed by atoms with E-state index >= 15 is 0 Å². The number of amides is 2. The van der Waals surface area contributed by atoms with Crippen LogP contribution in [0.3, 0.4) is 0 Å². The smallest absolute Gasteiger partial charge is 0.278 e. The Labute approximate surface area is 171 Å². The van der Waals surface area contributed by atoms with Gasteiger partial charge in [-0.2, -0.15) is 0 Å². The third kappa shape index (κ3) is 4.49. The maximum absolute atomic E-state index is 13.2. The van der Waals surface area contributed by atoms with Crippen molar-refractivity contribution in [3.8, 4) is 5.75 Å². The SMILES string of the molecule is COc1ccccc1C1=C(Nc2ccc(C)cc2)C(=O)N(CCOC(C)C)C1=O. The molecule has 6 nitrogen and oxygen atoms in total. The van der Waals surface area contributed by atoms with Crippen LogP contribution < -0.4 is 10.1 Å². The minimum Gasteiger partial charge on any atom is -0.496 e. The van der Waals surface area contributed by atoms with Gasteiger partial charge in [0.25, 0.3) is 11.8 Å². The van der Waals surface area contributed by atoms with E-state index in [-0.39, 0.29) is 36.8 Å². The van der Waals surface area contributed by atoms with Crippen LogP contribution in [0.25, 0.3) is 5.57 Å². The fourth-order valence-electron chi connectivity index (χ4n) is 3.16. The highest BCUT2D eigenvalue weighted by Crippen LogP contribution is 2.35. The number of hydrogen-bond acceptors (Lipinski definition) is 5. The van der Waals surface area contributed by atoms with Crippen molar-refractivity contribution in [3.05, 3.63) is 65.4 Å². The summed E-state index contributed by atoms with van der Waals surface area (Å²) in [7, 11) is 1.54. The number of aryl methyl sites for hydroxylation is 1. The summed E-state index contributed by atoms with van der Waals surface area (Å²) >= 11 is 0. The second-order valence-electron chi connectivity index (χ2n) is 7.12. The number of para-hydroxylation sites is 1. The molecule has 0 saturated heterocycles. The number of rotatable bonds is 8. The molecule has 0 spiro atoms. The molecule has 0 aliphatic carbocycles. The van der Waals surface area contributed by atoms with Gasteiger partial charge < -0.3 is 14.8 Å². The molecule has 2 aromatic rings. The van der Waals surface area contributed by atoms with Crippen LogP contribution in [-0.4, -0.2) is 43.1 Å². The Balaban J connectivity index is 2.00. The molecular weight excluding hydrogens is 368 g/mol. The van der Waals surface area contributed by atoms with Crippen LogP contribution in [-0.2, 0) is 14.3 Å². The fourth-order valence-corrected chi connectivity index (χ4v) is 3.16. The molecule has 1 aliphatic rings. The maximum Gasteiger partial charge on any atom is 0.278 e. The van der Waals surface area contributed by atoms with Gasteiger partial charge in [0, 0.05) is 11.3 Å². The van der Waals surface area contributed by atoms with Gasteiger partial charge in [-0.15, -0.1) is 0 Å². The van der Waals surface area contributed by atoms with Crippen molar-refractivity contribution in [1.82, 2.24) is 4.90 Å². The van der Waals surface area contributed by atoms with E-state index in [1.54, 1.807) is 19.2 Å². The van der Waals surface area contributed by atoms with Crippen molar-refractivity contribution in [2.45, 2.75) is 26.9 Å². The average molecular weight is 394 g/mol. The van der Waals surface area contributed by atoms with Crippen LogP contribution in [0.5, 0.6) is 5.75 Å². The van der Waals surface area contributed by atoms with E-state index in [1.807, 2.05) is 57.2 Å². The predicted octanol–water partition coefficient (Wildman–Crippen LogP) is 3.62. The number of anilines is 1. The Morgan fingerprint density at radius 1 is 1.00 bits per heavy atom. The highest BCUT2D eigenvalue weighted by Gasteiger charge is 2.40. The van der Waals surface area contributed by atoms with E-state index in [0.717, 1.165) is 11.3 Å². The van der Waals surface area contributed by atoms with Gasteiger partial charge in [-0.3, -0.25) is 14.5 Å². The van der Waals surface area contributed by atoms with Crippen LogP contribution in [0.15, 0.2) is 54.2 Å². The van der Waals surface area contributed by atoms with Gasteiger partial charge in [-0.25, -0.2) is 0 Å². The highest BCUT2D eigenvalue weighted by atomic mass is 16.5. The summed E-state index contributed by atoms with van der Waals surface area (Å²) in [5.74, 6) is -0.197. The molecule has 0 radical (unpaired) electrons. The Hall–Kier alpha value is -3.12. The van der Waals surface area contributed by atoms with E-state index in [1.165, 1.54) is 4.90 Å². The Bertz CT molecular complexity index is 932. The number of benzene rings is 2. The van der Waals surface area contributed by atoms with Gasteiger partial charge in [0.05, 0.1) is 31.9 Å². The van der Waals surface area contributed by atoms with Crippen molar-refractivity contribution in [3.63, 3.8) is 0 Å². The first-order valence-electron chi connectivity index (χ1n) is 9.61. The minimum absolute atomic E-state index is 0.0228. The Morgan fingerprint density at radius 3 is 2.34 bits per heavy atom. The molecule has 0 atom stereocenters. The average Bonchev–Trinajstić information content (AvgIpc) is 2.93. The quantitative estimate of drug-likeness (QED) is 0.693. The normalized spacial score (nSPS) is 14.2. The number of ether oxygens (including phenoxy) is 2. The van der Waals surface area contributed by atoms with Crippen LogP contribution in [0.2, 0.25) is 0 Å². The van der Waals surface area contributed by atoms with E-state index < -0.39 is 0 Å². The maximum atomic E-state index is 13.2. The zero-order chi connectivity index (χ0) is 21.0. The summed E-state index contributed by atoms with van der Waals surface area (Å²) in [6.07, 6.45) is 0.0228. The van der Waals surface area contributed by atoms with Crippen LogP contribution in [0.4, 0.5) is 5.69 Å². The summed E-state index contributed by atoms with van der Waals surface area (Å²) in [5.41, 5.74) is 2.97. The molecule has 29 heavy (non-hydrogen) atoms. The van der Waals surface area contributed by atoms with Gasteiger partial charge >= 0.3 is 0 Å². The first-order valence-corrected chi connectivity index (χ1v) is 9.61. The Kier molecular flexibility index (Phi) is 6.34. The zero-order valence-corrected chi connectivity index (χ0v) is 17.2. The van der Waals surface area contributed by atoms with Crippen molar-refractivity contribution in [2.75, 3.05) is 25.6 Å². The number of carbonyl (C=O) groups is 2. The van der Waals surface area contributed by atoms with Crippen molar-refractivity contribution >= 4 is 23.1 Å². The molecule has 0 fully saturated rings. The van der Waals surface area contributed by atoms with Gasteiger partial charge in [0.2, 0.25) is 0 Å². The van der Waals surface area contributed by atoms with Crippen molar-refractivity contribution in [1.29, 1.82) is 0 Å². The van der Waals surface area contributed by atoms with E-state index in [2.05, 4.69) is 5.32 Å². The summed E-state index contributed by atoms with van der Waals surface area (Å²) in [5, 5.41) is 3.15. The molecule has 152 valence electrons.